The average Bonchev–Trinajstić information content (AvgIpc) is 3.38. The second-order valence-electron chi connectivity index (χ2n) is 13.6. The van der Waals surface area contributed by atoms with Crippen LogP contribution >= 0.6 is 25.0 Å². The summed E-state index contributed by atoms with van der Waals surface area (Å²) in [7, 11) is 0. The van der Waals surface area contributed by atoms with Crippen LogP contribution in [0.1, 0.15) is 83.8 Å². The van der Waals surface area contributed by atoms with Crippen molar-refractivity contribution in [1.82, 2.24) is 0 Å². The Hall–Kier alpha value is -2.58. The molecule has 0 bridgehead atoms. The van der Waals surface area contributed by atoms with E-state index in [4.69, 9.17) is 4.18 Å². The fraction of sp³-hybridized carbons (Fsp3) is 0.474. The van der Waals surface area contributed by atoms with E-state index in [1.807, 2.05) is 0 Å². The molecule has 0 radical (unpaired) electrons. The number of aliphatic hydroxyl groups excluding tert-OH is 1. The monoisotopic (exact) mass is 646 g/mol. The van der Waals surface area contributed by atoms with Crippen LogP contribution in [0.15, 0.2) is 95.4 Å². The molecule has 0 saturated heterocycles. The number of fused-ring (bicyclic) bond motifs is 2. The summed E-state index contributed by atoms with van der Waals surface area (Å²) < 4.78 is 14.2. The maximum atomic E-state index is 11.6. The van der Waals surface area contributed by atoms with E-state index in [0.29, 0.717) is 12.4 Å². The average molecular weight is 647 g/mol. The topological polar surface area (TPSA) is 56.2 Å². The molecule has 7 heteroatoms. The van der Waals surface area contributed by atoms with E-state index >= 15 is 0 Å². The summed E-state index contributed by atoms with van der Waals surface area (Å²) in [6.45, 7) is 11.8. The van der Waals surface area contributed by atoms with Crippen LogP contribution in [-0.2, 0) is 15.0 Å². The molecular weight excluding hydrogens is 597 g/mol. The molecule has 0 fully saturated rings. The van der Waals surface area contributed by atoms with E-state index < -0.39 is 0 Å². The lowest BCUT2D eigenvalue weighted by Crippen LogP contribution is -2.40. The summed E-state index contributed by atoms with van der Waals surface area (Å²) >= 11 is 4.84. The standard InChI is InChI=1S/C38H50N2O3S2/c1-37(2)30-16-5-7-18-32(30)39(24-9-11-26-43-44)34(37)22-20-28-14-13-15-29(36(28)41)21-23-35-38(3,4)31-17-6-8-19-33(31)40(35)25-10-12-27-45-42/h5-8,16-23,35,41-42,44H,9-15,24-27H2,1-4H3/b23-21+,28-20+,34-22+. The third-order valence-corrected chi connectivity index (χ3v) is 10.6. The lowest BCUT2D eigenvalue weighted by molar-refractivity contribution is 0.367. The second-order valence-corrected chi connectivity index (χ2v) is 14.5. The number of thiol groups is 1. The van der Waals surface area contributed by atoms with Crippen LogP contribution in [0.3, 0.4) is 0 Å². The summed E-state index contributed by atoms with van der Waals surface area (Å²) in [5, 5.41) is 11.6. The van der Waals surface area contributed by atoms with Gasteiger partial charge in [-0.1, -0.05) is 82.3 Å². The van der Waals surface area contributed by atoms with Crippen molar-refractivity contribution in [3.8, 4) is 0 Å². The molecule has 0 aromatic heterocycles. The van der Waals surface area contributed by atoms with Gasteiger partial charge in [0.2, 0.25) is 0 Å². The molecule has 0 saturated carbocycles. The van der Waals surface area contributed by atoms with E-state index in [2.05, 4.69) is 123 Å². The van der Waals surface area contributed by atoms with Gasteiger partial charge in [-0.25, -0.2) is 0 Å². The number of hydrogen-bond acceptors (Lipinski definition) is 7. The fourth-order valence-electron chi connectivity index (χ4n) is 7.46. The first-order chi connectivity index (χ1) is 21.7. The summed E-state index contributed by atoms with van der Waals surface area (Å²) in [4.78, 5) is 4.97. The van der Waals surface area contributed by atoms with E-state index in [1.165, 1.54) is 28.2 Å². The fourth-order valence-corrected chi connectivity index (χ4v) is 7.92. The zero-order valence-corrected chi connectivity index (χ0v) is 29.0. The van der Waals surface area contributed by atoms with Crippen molar-refractivity contribution in [3.05, 3.63) is 107 Å². The normalized spacial score (nSPS) is 22.2. The van der Waals surface area contributed by atoms with Gasteiger partial charge in [0.25, 0.3) is 0 Å². The lowest BCUT2D eigenvalue weighted by atomic mass is 9.80. The quantitative estimate of drug-likeness (QED) is 0.114. The van der Waals surface area contributed by atoms with Gasteiger partial charge in [-0.3, -0.25) is 0 Å². The first-order valence-corrected chi connectivity index (χ1v) is 17.8. The zero-order valence-electron chi connectivity index (χ0n) is 27.3. The molecule has 1 unspecified atom stereocenters. The summed E-state index contributed by atoms with van der Waals surface area (Å²) in [6, 6.07) is 17.6. The predicted octanol–water partition coefficient (Wildman–Crippen LogP) is 9.94. The Bertz CT molecular complexity index is 1460. The molecule has 1 atom stereocenters. The molecule has 45 heavy (non-hydrogen) atoms. The highest BCUT2D eigenvalue weighted by atomic mass is 32.2. The van der Waals surface area contributed by atoms with Crippen molar-refractivity contribution in [2.45, 2.75) is 89.5 Å². The number of rotatable bonds is 13. The third kappa shape index (κ3) is 7.07. The van der Waals surface area contributed by atoms with Gasteiger partial charge in [-0.2, -0.15) is 0 Å². The molecule has 1 aliphatic carbocycles. The first-order valence-electron chi connectivity index (χ1n) is 16.5. The van der Waals surface area contributed by atoms with E-state index in [0.717, 1.165) is 87.0 Å². The van der Waals surface area contributed by atoms with Gasteiger partial charge < -0.3 is 23.6 Å². The van der Waals surface area contributed by atoms with Crippen molar-refractivity contribution in [1.29, 1.82) is 0 Å². The SMILES string of the molecule is CC1(C)/C(=C\C=C2/CCCC(/C=C/C3N(CCCCSO)c4ccccc4C3(C)C)=C2O)N(CCCCOS)c2ccccc21. The number of allylic oxidation sites excluding steroid dienone is 6. The number of hydrogen-bond donors (Lipinski definition) is 3. The number of anilines is 2. The molecule has 5 nitrogen and oxygen atoms in total. The largest absolute Gasteiger partial charge is 0.507 e. The predicted molar refractivity (Wildman–Crippen MR) is 195 cm³/mol. The minimum atomic E-state index is -0.132. The van der Waals surface area contributed by atoms with E-state index in [1.54, 1.807) is 0 Å². The molecule has 242 valence electrons. The third-order valence-electron chi connectivity index (χ3n) is 9.96. The molecule has 2 heterocycles. The van der Waals surface area contributed by atoms with E-state index in [-0.39, 0.29) is 16.9 Å². The van der Waals surface area contributed by atoms with Crippen LogP contribution in [0.5, 0.6) is 0 Å². The highest BCUT2D eigenvalue weighted by Crippen LogP contribution is 2.48. The van der Waals surface area contributed by atoms with Gasteiger partial charge in [0.05, 0.1) is 12.6 Å². The van der Waals surface area contributed by atoms with Crippen LogP contribution in [-0.4, -0.2) is 41.2 Å². The van der Waals surface area contributed by atoms with Gasteiger partial charge in [-0.15, -0.1) is 0 Å². The van der Waals surface area contributed by atoms with Crippen molar-refractivity contribution in [2.24, 2.45) is 0 Å². The Balaban J connectivity index is 1.41. The number of unbranched alkanes of at least 4 members (excludes halogenated alkanes) is 2. The Labute approximate surface area is 280 Å². The van der Waals surface area contributed by atoms with Crippen LogP contribution in [0.4, 0.5) is 11.4 Å². The number of aliphatic hydroxyl groups is 1. The number of para-hydroxylation sites is 2. The maximum Gasteiger partial charge on any atom is 0.121 e. The Morgan fingerprint density at radius 1 is 0.911 bits per heavy atom. The van der Waals surface area contributed by atoms with Gasteiger partial charge in [0.1, 0.15) is 5.76 Å². The summed E-state index contributed by atoms with van der Waals surface area (Å²) in [6.07, 6.45) is 15.7. The van der Waals surface area contributed by atoms with Gasteiger partial charge in [-0.05, 0) is 110 Å². The van der Waals surface area contributed by atoms with Crippen molar-refractivity contribution < 1.29 is 13.8 Å². The first kappa shape index (κ1) is 33.8. The highest BCUT2D eigenvalue weighted by molar-refractivity contribution is 7.93. The molecule has 2 aromatic rings. The van der Waals surface area contributed by atoms with Crippen molar-refractivity contribution in [3.63, 3.8) is 0 Å². The second kappa shape index (κ2) is 14.9. The number of nitrogens with zero attached hydrogens (tertiary/aromatic N) is 2. The molecular formula is C38H50N2O3S2. The lowest BCUT2D eigenvalue weighted by Gasteiger charge is -2.33. The van der Waals surface area contributed by atoms with Crippen LogP contribution in [0.25, 0.3) is 0 Å². The highest BCUT2D eigenvalue weighted by Gasteiger charge is 2.43. The Kier molecular flexibility index (Phi) is 11.2. The van der Waals surface area contributed by atoms with E-state index in [9.17, 15) is 9.66 Å². The molecule has 3 aliphatic rings. The number of benzene rings is 2. The van der Waals surface area contributed by atoms with Crippen molar-refractivity contribution in [2.75, 3.05) is 35.2 Å². The molecule has 5 rings (SSSR count). The van der Waals surface area contributed by atoms with Gasteiger partial charge >= 0.3 is 0 Å². The Morgan fingerprint density at radius 3 is 2.38 bits per heavy atom. The Morgan fingerprint density at radius 2 is 1.62 bits per heavy atom. The van der Waals surface area contributed by atoms with Crippen LogP contribution in [0.2, 0.25) is 0 Å². The van der Waals surface area contributed by atoms with Gasteiger partial charge in [0.15, 0.2) is 0 Å². The van der Waals surface area contributed by atoms with Gasteiger partial charge in [0, 0.05) is 46.7 Å². The molecule has 0 amide bonds. The smallest absolute Gasteiger partial charge is 0.121 e. The van der Waals surface area contributed by atoms with Crippen molar-refractivity contribution >= 4 is 36.3 Å². The summed E-state index contributed by atoms with van der Waals surface area (Å²) in [5.74, 6) is 1.19. The maximum absolute atomic E-state index is 11.6. The molecule has 2 aromatic carbocycles. The minimum absolute atomic E-state index is 0.0573. The summed E-state index contributed by atoms with van der Waals surface area (Å²) in [5.41, 5.74) is 8.38. The zero-order chi connectivity index (χ0) is 32.0. The molecule has 2 aliphatic heterocycles. The molecule has 2 N–H and O–H groups in total. The van der Waals surface area contributed by atoms with Crippen LogP contribution in [0, 0.1) is 0 Å². The minimum Gasteiger partial charge on any atom is -0.507 e. The van der Waals surface area contributed by atoms with Crippen LogP contribution < -0.4 is 9.80 Å². The molecule has 0 spiro atoms.